The molecule has 5 heteroatoms. The Morgan fingerprint density at radius 3 is 2.95 bits per heavy atom. The van der Waals surface area contributed by atoms with Crippen LogP contribution < -0.4 is 5.32 Å². The highest BCUT2D eigenvalue weighted by molar-refractivity contribution is 5.92. The van der Waals surface area contributed by atoms with Crippen LogP contribution in [0.5, 0.6) is 0 Å². The molecule has 20 heavy (non-hydrogen) atoms. The fourth-order valence-electron chi connectivity index (χ4n) is 2.61. The topological polar surface area (TPSA) is 65.5 Å². The molecule has 1 aromatic rings. The maximum atomic E-state index is 12.5. The third-order valence-electron chi connectivity index (χ3n) is 3.71. The molecule has 2 rings (SSSR count). The molecule has 1 aliphatic rings. The van der Waals surface area contributed by atoms with Gasteiger partial charge in [-0.25, -0.2) is 4.98 Å². The highest BCUT2D eigenvalue weighted by Gasteiger charge is 2.26. The third-order valence-corrected chi connectivity index (χ3v) is 3.71. The summed E-state index contributed by atoms with van der Waals surface area (Å²) >= 11 is 0. The van der Waals surface area contributed by atoms with E-state index in [4.69, 9.17) is 0 Å². The second-order valence-corrected chi connectivity index (χ2v) is 5.15. The fourth-order valence-corrected chi connectivity index (χ4v) is 2.61. The number of hydrogen-bond acceptors (Lipinski definition) is 4. The van der Waals surface area contributed by atoms with Crippen LogP contribution in [0.25, 0.3) is 0 Å². The lowest BCUT2D eigenvalue weighted by Gasteiger charge is -2.28. The number of likely N-dealkylation sites (tertiary alicyclic amines) is 1. The smallest absolute Gasteiger partial charge is 0.272 e. The Hall–Kier alpha value is -1.62. The maximum Gasteiger partial charge on any atom is 0.272 e. The number of aliphatic hydroxyl groups excluding tert-OH is 1. The van der Waals surface area contributed by atoms with E-state index in [0.717, 1.165) is 37.9 Å². The fraction of sp³-hybridized carbons (Fsp3) is 0.600. The van der Waals surface area contributed by atoms with Crippen molar-refractivity contribution in [1.29, 1.82) is 0 Å². The summed E-state index contributed by atoms with van der Waals surface area (Å²) < 4.78 is 0. The van der Waals surface area contributed by atoms with E-state index >= 15 is 0 Å². The van der Waals surface area contributed by atoms with Crippen molar-refractivity contribution in [1.82, 2.24) is 9.88 Å². The van der Waals surface area contributed by atoms with Crippen LogP contribution in [-0.4, -0.2) is 46.6 Å². The summed E-state index contributed by atoms with van der Waals surface area (Å²) in [4.78, 5) is 18.5. The second-order valence-electron chi connectivity index (χ2n) is 5.15. The molecular weight excluding hydrogens is 254 g/mol. The molecule has 110 valence electrons. The SMILES string of the molecule is CCNc1ccc(C(=O)N2CCCCCC2CO)nc1. The number of nitrogens with one attached hydrogen (secondary N) is 1. The first kappa shape index (κ1) is 14.8. The molecule has 2 N–H and O–H groups in total. The zero-order valence-electron chi connectivity index (χ0n) is 12.0. The van der Waals surface area contributed by atoms with Gasteiger partial charge in [-0.1, -0.05) is 12.8 Å². The quantitative estimate of drug-likeness (QED) is 0.882. The van der Waals surface area contributed by atoms with Crippen molar-refractivity contribution in [3.8, 4) is 0 Å². The number of nitrogens with zero attached hydrogens (tertiary/aromatic N) is 2. The molecule has 2 heterocycles. The summed E-state index contributed by atoms with van der Waals surface area (Å²) in [6.45, 7) is 3.58. The van der Waals surface area contributed by atoms with Crippen LogP contribution in [0.15, 0.2) is 18.3 Å². The molecular formula is C15H23N3O2. The number of carbonyl (C=O) groups is 1. The Bertz CT molecular complexity index is 433. The molecule has 0 aliphatic carbocycles. The van der Waals surface area contributed by atoms with Crippen molar-refractivity contribution in [2.75, 3.05) is 25.0 Å². The molecule has 1 saturated heterocycles. The van der Waals surface area contributed by atoms with Crippen molar-refractivity contribution in [2.24, 2.45) is 0 Å². The van der Waals surface area contributed by atoms with Crippen molar-refractivity contribution in [2.45, 2.75) is 38.6 Å². The predicted octanol–water partition coefficient (Wildman–Crippen LogP) is 1.89. The Kier molecular flexibility index (Phi) is 5.35. The van der Waals surface area contributed by atoms with Crippen LogP contribution in [0.1, 0.15) is 43.1 Å². The third kappa shape index (κ3) is 3.48. The van der Waals surface area contributed by atoms with Crippen LogP contribution in [-0.2, 0) is 0 Å². The van der Waals surface area contributed by atoms with Crippen molar-refractivity contribution in [3.63, 3.8) is 0 Å². The Balaban J connectivity index is 2.11. The molecule has 0 bridgehead atoms. The van der Waals surface area contributed by atoms with Gasteiger partial charge in [-0.05, 0) is 31.9 Å². The number of rotatable bonds is 4. The van der Waals surface area contributed by atoms with E-state index in [9.17, 15) is 9.90 Å². The molecule has 1 fully saturated rings. The summed E-state index contributed by atoms with van der Waals surface area (Å²) in [7, 11) is 0. The van der Waals surface area contributed by atoms with Crippen LogP contribution in [0.4, 0.5) is 5.69 Å². The Morgan fingerprint density at radius 2 is 2.30 bits per heavy atom. The maximum absolute atomic E-state index is 12.5. The molecule has 1 atom stereocenters. The van der Waals surface area contributed by atoms with Crippen LogP contribution in [0.2, 0.25) is 0 Å². The molecule has 1 aliphatic heterocycles. The molecule has 0 radical (unpaired) electrons. The summed E-state index contributed by atoms with van der Waals surface area (Å²) in [6, 6.07) is 3.55. The lowest BCUT2D eigenvalue weighted by molar-refractivity contribution is 0.0594. The van der Waals surface area contributed by atoms with Gasteiger partial charge in [-0.15, -0.1) is 0 Å². The van der Waals surface area contributed by atoms with Gasteiger partial charge in [0.15, 0.2) is 0 Å². The zero-order chi connectivity index (χ0) is 14.4. The number of aliphatic hydroxyl groups is 1. The summed E-state index contributed by atoms with van der Waals surface area (Å²) in [5.74, 6) is -0.0750. The predicted molar refractivity (Wildman–Crippen MR) is 78.8 cm³/mol. The molecule has 1 aromatic heterocycles. The van der Waals surface area contributed by atoms with Gasteiger partial charge in [0.05, 0.1) is 24.5 Å². The van der Waals surface area contributed by atoms with Crippen LogP contribution in [0.3, 0.4) is 0 Å². The van der Waals surface area contributed by atoms with Gasteiger partial charge in [0.2, 0.25) is 0 Å². The Labute approximate surface area is 120 Å². The molecule has 1 amide bonds. The van der Waals surface area contributed by atoms with Gasteiger partial charge in [-0.3, -0.25) is 4.79 Å². The van der Waals surface area contributed by atoms with E-state index in [2.05, 4.69) is 10.3 Å². The minimum Gasteiger partial charge on any atom is -0.394 e. The first-order valence-electron chi connectivity index (χ1n) is 7.38. The summed E-state index contributed by atoms with van der Waals surface area (Å²) in [6.07, 6.45) is 5.74. The van der Waals surface area contributed by atoms with Gasteiger partial charge >= 0.3 is 0 Å². The van der Waals surface area contributed by atoms with Crippen molar-refractivity contribution in [3.05, 3.63) is 24.0 Å². The largest absolute Gasteiger partial charge is 0.394 e. The normalized spacial score (nSPS) is 19.5. The first-order chi connectivity index (χ1) is 9.76. The molecule has 0 saturated carbocycles. The number of hydrogen-bond donors (Lipinski definition) is 2. The van der Waals surface area contributed by atoms with E-state index in [1.54, 1.807) is 17.2 Å². The van der Waals surface area contributed by atoms with E-state index in [-0.39, 0.29) is 18.6 Å². The highest BCUT2D eigenvalue weighted by Crippen LogP contribution is 2.19. The monoisotopic (exact) mass is 277 g/mol. The lowest BCUT2D eigenvalue weighted by atomic mass is 10.1. The highest BCUT2D eigenvalue weighted by atomic mass is 16.3. The average molecular weight is 277 g/mol. The number of amides is 1. The molecule has 5 nitrogen and oxygen atoms in total. The number of anilines is 1. The van der Waals surface area contributed by atoms with Gasteiger partial charge in [0.25, 0.3) is 5.91 Å². The minimum atomic E-state index is -0.0750. The molecule has 0 spiro atoms. The average Bonchev–Trinajstić information content (AvgIpc) is 2.72. The number of carbonyl (C=O) groups excluding carboxylic acids is 1. The summed E-state index contributed by atoms with van der Waals surface area (Å²) in [5, 5.41) is 12.6. The van der Waals surface area contributed by atoms with E-state index in [0.29, 0.717) is 12.2 Å². The van der Waals surface area contributed by atoms with Crippen LogP contribution in [0, 0.1) is 0 Å². The van der Waals surface area contributed by atoms with E-state index in [1.807, 2.05) is 13.0 Å². The number of pyridine rings is 1. The first-order valence-corrected chi connectivity index (χ1v) is 7.38. The van der Waals surface area contributed by atoms with Gasteiger partial charge < -0.3 is 15.3 Å². The van der Waals surface area contributed by atoms with Gasteiger partial charge in [0.1, 0.15) is 5.69 Å². The molecule has 1 unspecified atom stereocenters. The van der Waals surface area contributed by atoms with Crippen LogP contribution >= 0.6 is 0 Å². The van der Waals surface area contributed by atoms with E-state index in [1.165, 1.54) is 0 Å². The van der Waals surface area contributed by atoms with Gasteiger partial charge in [0, 0.05) is 13.1 Å². The van der Waals surface area contributed by atoms with Crippen molar-refractivity contribution < 1.29 is 9.90 Å². The molecule has 0 aromatic carbocycles. The lowest BCUT2D eigenvalue weighted by Crippen LogP contribution is -2.42. The summed E-state index contributed by atoms with van der Waals surface area (Å²) in [5.41, 5.74) is 1.37. The number of aromatic nitrogens is 1. The zero-order valence-corrected chi connectivity index (χ0v) is 12.0. The van der Waals surface area contributed by atoms with E-state index < -0.39 is 0 Å². The Morgan fingerprint density at radius 1 is 1.45 bits per heavy atom. The van der Waals surface area contributed by atoms with Crippen molar-refractivity contribution >= 4 is 11.6 Å². The van der Waals surface area contributed by atoms with Gasteiger partial charge in [-0.2, -0.15) is 0 Å². The standard InChI is InChI=1S/C15H23N3O2/c1-2-16-12-7-8-14(17-10-12)15(20)18-9-5-3-4-6-13(18)11-19/h7-8,10,13,16,19H,2-6,9,11H2,1H3. The second kappa shape index (κ2) is 7.24. The minimum absolute atomic E-state index is 0.0290.